The molecule has 1 aliphatic heterocycles. The van der Waals surface area contributed by atoms with E-state index in [0.717, 1.165) is 62.8 Å². The number of piperidine rings is 1. The van der Waals surface area contributed by atoms with Crippen LogP contribution in [0.1, 0.15) is 28.9 Å². The van der Waals surface area contributed by atoms with Crippen molar-refractivity contribution in [2.75, 3.05) is 33.7 Å². The first-order chi connectivity index (χ1) is 14.3. The van der Waals surface area contributed by atoms with Crippen LogP contribution >= 0.6 is 0 Å². The summed E-state index contributed by atoms with van der Waals surface area (Å²) in [6.45, 7) is 2.58. The molecule has 1 aromatic carbocycles. The van der Waals surface area contributed by atoms with Gasteiger partial charge in [0.15, 0.2) is 0 Å². The van der Waals surface area contributed by atoms with Crippen molar-refractivity contribution < 1.29 is 17.6 Å². The normalized spacial score (nSPS) is 15.8. The van der Waals surface area contributed by atoms with Crippen molar-refractivity contribution in [3.05, 3.63) is 59.7 Å². The van der Waals surface area contributed by atoms with Gasteiger partial charge in [0.1, 0.15) is 5.82 Å². The zero-order chi connectivity index (χ0) is 21.7. The summed E-state index contributed by atoms with van der Waals surface area (Å²) in [5, 5.41) is 0. The Morgan fingerprint density at radius 1 is 1.27 bits per heavy atom. The minimum Gasteiger partial charge on any atom is -0.339 e. The number of amides is 1. The maximum Gasteiger partial charge on any atom is 0.256 e. The fourth-order valence-electron chi connectivity index (χ4n) is 3.66. The molecule has 0 spiro atoms. The van der Waals surface area contributed by atoms with Gasteiger partial charge in [0.25, 0.3) is 5.91 Å². The molecule has 0 atom stereocenters. The quantitative estimate of drug-likeness (QED) is 0.720. The maximum absolute atomic E-state index is 14.3. The van der Waals surface area contributed by atoms with Crippen LogP contribution < -0.4 is 4.72 Å². The molecule has 162 valence electrons. The first-order valence-corrected chi connectivity index (χ1v) is 11.4. The van der Waals surface area contributed by atoms with Crippen LogP contribution in [0.4, 0.5) is 4.39 Å². The largest absolute Gasteiger partial charge is 0.339 e. The second-order valence-corrected chi connectivity index (χ2v) is 9.30. The third-order valence-corrected chi connectivity index (χ3v) is 6.99. The second-order valence-electron chi connectivity index (χ2n) is 7.41. The zero-order valence-corrected chi connectivity index (χ0v) is 18.0. The SMILES string of the molecule is CNS(=O)(=O)c1ccc(F)c(C(=O)N(C)C2CCN(CCc3ccccn3)CC2)c1. The van der Waals surface area contributed by atoms with Crippen LogP contribution in [0.25, 0.3) is 0 Å². The lowest BCUT2D eigenvalue weighted by Crippen LogP contribution is -2.46. The number of likely N-dealkylation sites (tertiary alicyclic amines) is 1. The van der Waals surface area contributed by atoms with E-state index in [1.807, 2.05) is 18.2 Å². The zero-order valence-electron chi connectivity index (χ0n) is 17.2. The number of aromatic nitrogens is 1. The molecule has 1 N–H and O–H groups in total. The van der Waals surface area contributed by atoms with Crippen LogP contribution in [0.15, 0.2) is 47.5 Å². The van der Waals surface area contributed by atoms with Crippen molar-refractivity contribution in [3.63, 3.8) is 0 Å². The van der Waals surface area contributed by atoms with E-state index in [2.05, 4.69) is 14.6 Å². The van der Waals surface area contributed by atoms with Gasteiger partial charge in [-0.2, -0.15) is 0 Å². The topological polar surface area (TPSA) is 82.6 Å². The predicted octanol–water partition coefficient (Wildman–Crippen LogP) is 1.91. The minimum atomic E-state index is -3.76. The van der Waals surface area contributed by atoms with Crippen LogP contribution in [-0.4, -0.2) is 68.9 Å². The molecule has 1 aromatic heterocycles. The van der Waals surface area contributed by atoms with Gasteiger partial charge >= 0.3 is 0 Å². The fraction of sp³-hybridized carbons (Fsp3) is 0.429. The maximum atomic E-state index is 14.3. The molecule has 0 radical (unpaired) electrons. The van der Waals surface area contributed by atoms with Crippen molar-refractivity contribution in [1.82, 2.24) is 19.5 Å². The number of benzene rings is 1. The summed E-state index contributed by atoms with van der Waals surface area (Å²) >= 11 is 0. The molecule has 2 aromatic rings. The summed E-state index contributed by atoms with van der Waals surface area (Å²) in [6, 6.07) is 9.13. The molecule has 30 heavy (non-hydrogen) atoms. The highest BCUT2D eigenvalue weighted by Gasteiger charge is 2.28. The van der Waals surface area contributed by atoms with Gasteiger partial charge in [-0.15, -0.1) is 0 Å². The molecule has 1 saturated heterocycles. The Bertz CT molecular complexity index is 977. The molecular formula is C21H27FN4O3S. The Balaban J connectivity index is 1.60. The van der Waals surface area contributed by atoms with Crippen LogP contribution in [0.3, 0.4) is 0 Å². The van der Waals surface area contributed by atoms with Crippen molar-refractivity contribution >= 4 is 15.9 Å². The number of carbonyl (C=O) groups is 1. The Kier molecular flexibility index (Phi) is 7.17. The molecular weight excluding hydrogens is 407 g/mol. The van der Waals surface area contributed by atoms with E-state index in [0.29, 0.717) is 0 Å². The van der Waals surface area contributed by atoms with Gasteiger partial charge in [-0.05, 0) is 50.2 Å². The van der Waals surface area contributed by atoms with Crippen molar-refractivity contribution in [3.8, 4) is 0 Å². The smallest absolute Gasteiger partial charge is 0.256 e. The van der Waals surface area contributed by atoms with E-state index < -0.39 is 21.7 Å². The number of rotatable bonds is 7. The van der Waals surface area contributed by atoms with E-state index in [4.69, 9.17) is 0 Å². The Labute approximate surface area is 177 Å². The number of hydrogen-bond acceptors (Lipinski definition) is 5. The standard InChI is InChI=1S/C21H27FN4O3S/c1-23-30(28,29)18-6-7-20(22)19(15-18)21(27)25(2)17-9-13-26(14-10-17)12-8-16-5-3-4-11-24-16/h3-7,11,15,17,23H,8-10,12-14H2,1-2H3. The molecule has 9 heteroatoms. The highest BCUT2D eigenvalue weighted by atomic mass is 32.2. The predicted molar refractivity (Wildman–Crippen MR) is 112 cm³/mol. The van der Waals surface area contributed by atoms with Gasteiger partial charge < -0.3 is 9.80 Å². The molecule has 0 unspecified atom stereocenters. The molecule has 1 amide bonds. The third kappa shape index (κ3) is 5.21. The minimum absolute atomic E-state index is 0.0208. The van der Waals surface area contributed by atoms with Gasteiger partial charge in [-0.25, -0.2) is 17.5 Å². The number of pyridine rings is 1. The number of nitrogens with one attached hydrogen (secondary N) is 1. The molecule has 2 heterocycles. The van der Waals surface area contributed by atoms with Crippen LogP contribution in [0.5, 0.6) is 0 Å². The van der Waals surface area contributed by atoms with E-state index in [-0.39, 0.29) is 16.5 Å². The molecule has 1 aliphatic rings. The number of carbonyl (C=O) groups excluding carboxylic acids is 1. The van der Waals surface area contributed by atoms with Crippen LogP contribution in [0, 0.1) is 5.82 Å². The number of nitrogens with zero attached hydrogens (tertiary/aromatic N) is 3. The number of sulfonamides is 1. The lowest BCUT2D eigenvalue weighted by molar-refractivity contribution is 0.0638. The van der Waals surface area contributed by atoms with E-state index in [1.165, 1.54) is 11.9 Å². The molecule has 3 rings (SSSR count). The summed E-state index contributed by atoms with van der Waals surface area (Å²) in [5.41, 5.74) is 0.824. The summed E-state index contributed by atoms with van der Waals surface area (Å²) < 4.78 is 40.4. The highest BCUT2D eigenvalue weighted by Crippen LogP contribution is 2.21. The number of halogens is 1. The summed E-state index contributed by atoms with van der Waals surface area (Å²) in [6.07, 6.45) is 4.22. The third-order valence-electron chi connectivity index (χ3n) is 5.58. The van der Waals surface area contributed by atoms with E-state index in [9.17, 15) is 17.6 Å². The van der Waals surface area contributed by atoms with E-state index in [1.54, 1.807) is 13.2 Å². The molecule has 7 nitrogen and oxygen atoms in total. The van der Waals surface area contributed by atoms with Gasteiger partial charge in [-0.3, -0.25) is 9.78 Å². The second kappa shape index (κ2) is 9.63. The first-order valence-electron chi connectivity index (χ1n) is 9.94. The summed E-state index contributed by atoms with van der Waals surface area (Å²) in [7, 11) is -0.837. The van der Waals surface area contributed by atoms with E-state index >= 15 is 0 Å². The lowest BCUT2D eigenvalue weighted by atomic mass is 10.0. The Morgan fingerprint density at radius 2 is 2.00 bits per heavy atom. The average Bonchev–Trinajstić information content (AvgIpc) is 2.78. The van der Waals surface area contributed by atoms with Crippen LogP contribution in [0.2, 0.25) is 0 Å². The van der Waals surface area contributed by atoms with Crippen molar-refractivity contribution in [2.45, 2.75) is 30.2 Å². The van der Waals surface area contributed by atoms with Gasteiger partial charge in [-0.1, -0.05) is 6.07 Å². The van der Waals surface area contributed by atoms with Crippen molar-refractivity contribution in [1.29, 1.82) is 0 Å². The first kappa shape index (κ1) is 22.3. The molecule has 1 fully saturated rings. The molecule has 0 saturated carbocycles. The van der Waals surface area contributed by atoms with Gasteiger partial charge in [0.2, 0.25) is 10.0 Å². The fourth-order valence-corrected chi connectivity index (χ4v) is 4.41. The Morgan fingerprint density at radius 3 is 2.63 bits per heavy atom. The lowest BCUT2D eigenvalue weighted by Gasteiger charge is -2.36. The van der Waals surface area contributed by atoms with Crippen molar-refractivity contribution in [2.24, 2.45) is 0 Å². The number of hydrogen-bond donors (Lipinski definition) is 1. The van der Waals surface area contributed by atoms with Crippen LogP contribution in [-0.2, 0) is 16.4 Å². The van der Waals surface area contributed by atoms with Gasteiger partial charge in [0, 0.05) is 51.0 Å². The highest BCUT2D eigenvalue weighted by molar-refractivity contribution is 7.89. The summed E-state index contributed by atoms with van der Waals surface area (Å²) in [5.74, 6) is -1.23. The molecule has 0 aliphatic carbocycles. The average molecular weight is 435 g/mol. The monoisotopic (exact) mass is 434 g/mol. The Hall–Kier alpha value is -2.36. The molecule has 0 bridgehead atoms. The van der Waals surface area contributed by atoms with Gasteiger partial charge in [0.05, 0.1) is 10.5 Å². The summed E-state index contributed by atoms with van der Waals surface area (Å²) in [4.78, 5) is 21.0.